The molecule has 0 spiro atoms. The Balaban J connectivity index is 1.21. The minimum Gasteiger partial charge on any atom is -0.369 e. The molecular formula is C29H32BrN7O4. The lowest BCUT2D eigenvalue weighted by Gasteiger charge is -2.23. The molecule has 2 unspecified atom stereocenters. The average molecular weight is 623 g/mol. The molecule has 2 amide bonds. The topological polar surface area (TPSA) is 124 Å². The SMILES string of the molecule is CC(Br)c1ccc(NC(=O)Nc2ccc(-c3nc(C4CNCCO4)c4ncn(CCC5OCCO5)c4n3)cc2)cc1. The summed E-state index contributed by atoms with van der Waals surface area (Å²) in [7, 11) is 0. The maximum Gasteiger partial charge on any atom is 0.323 e. The van der Waals surface area contributed by atoms with Gasteiger partial charge in [0.25, 0.3) is 0 Å². The maximum absolute atomic E-state index is 12.6. The molecule has 2 aliphatic rings. The molecule has 41 heavy (non-hydrogen) atoms. The molecule has 6 rings (SSSR count). The summed E-state index contributed by atoms with van der Waals surface area (Å²) in [6.07, 6.45) is 2.05. The first-order chi connectivity index (χ1) is 20.0. The van der Waals surface area contributed by atoms with Gasteiger partial charge in [-0.05, 0) is 48.9 Å². The zero-order chi connectivity index (χ0) is 28.2. The van der Waals surface area contributed by atoms with Gasteiger partial charge in [0.15, 0.2) is 17.8 Å². The van der Waals surface area contributed by atoms with Gasteiger partial charge in [-0.2, -0.15) is 0 Å². The zero-order valence-electron chi connectivity index (χ0n) is 22.7. The normalized spacial score (nSPS) is 18.4. The number of morpholine rings is 1. The Morgan fingerprint density at radius 1 is 1.02 bits per heavy atom. The Morgan fingerprint density at radius 3 is 2.39 bits per heavy atom. The highest BCUT2D eigenvalue weighted by Crippen LogP contribution is 2.29. The largest absolute Gasteiger partial charge is 0.369 e. The van der Waals surface area contributed by atoms with Crippen LogP contribution in [0.1, 0.15) is 35.5 Å². The molecule has 2 saturated heterocycles. The Kier molecular flexibility index (Phi) is 8.54. The number of fused-ring (bicyclic) bond motifs is 1. The minimum atomic E-state index is -0.321. The Bertz CT molecular complexity index is 1480. The van der Waals surface area contributed by atoms with Crippen molar-refractivity contribution >= 4 is 44.5 Å². The van der Waals surface area contributed by atoms with E-state index in [1.54, 1.807) is 6.33 Å². The van der Waals surface area contributed by atoms with Gasteiger partial charge in [0, 0.05) is 47.8 Å². The number of nitrogens with zero attached hydrogens (tertiary/aromatic N) is 4. The van der Waals surface area contributed by atoms with E-state index >= 15 is 0 Å². The Hall–Kier alpha value is -3.42. The van der Waals surface area contributed by atoms with E-state index in [0.29, 0.717) is 56.5 Å². The second-order valence-electron chi connectivity index (χ2n) is 9.96. The van der Waals surface area contributed by atoms with E-state index in [1.165, 1.54) is 0 Å². The van der Waals surface area contributed by atoms with E-state index < -0.39 is 0 Å². The van der Waals surface area contributed by atoms with Crippen molar-refractivity contribution in [2.24, 2.45) is 0 Å². The van der Waals surface area contributed by atoms with Crippen LogP contribution in [-0.4, -0.2) is 64.8 Å². The smallest absolute Gasteiger partial charge is 0.323 e. The van der Waals surface area contributed by atoms with Crippen LogP contribution in [0.3, 0.4) is 0 Å². The van der Waals surface area contributed by atoms with E-state index in [4.69, 9.17) is 24.2 Å². The van der Waals surface area contributed by atoms with Gasteiger partial charge in [-0.25, -0.2) is 19.7 Å². The summed E-state index contributed by atoms with van der Waals surface area (Å²) in [5.41, 5.74) is 5.54. The number of benzene rings is 2. The first-order valence-electron chi connectivity index (χ1n) is 13.7. The number of anilines is 2. The molecule has 0 bridgehead atoms. The van der Waals surface area contributed by atoms with Gasteiger partial charge in [0.05, 0.1) is 26.1 Å². The molecule has 3 N–H and O–H groups in total. The van der Waals surface area contributed by atoms with Crippen LogP contribution >= 0.6 is 15.9 Å². The van der Waals surface area contributed by atoms with E-state index in [1.807, 2.05) is 53.1 Å². The van der Waals surface area contributed by atoms with Crippen molar-refractivity contribution in [3.63, 3.8) is 0 Å². The second kappa shape index (κ2) is 12.6. The monoisotopic (exact) mass is 621 g/mol. The van der Waals surface area contributed by atoms with Crippen LogP contribution in [0.4, 0.5) is 16.2 Å². The van der Waals surface area contributed by atoms with E-state index in [9.17, 15) is 4.79 Å². The van der Waals surface area contributed by atoms with Gasteiger partial charge in [-0.3, -0.25) is 0 Å². The molecule has 4 aromatic rings. The minimum absolute atomic E-state index is 0.214. The lowest BCUT2D eigenvalue weighted by atomic mass is 10.1. The van der Waals surface area contributed by atoms with Gasteiger partial charge in [-0.15, -0.1) is 0 Å². The van der Waals surface area contributed by atoms with Crippen molar-refractivity contribution in [2.45, 2.75) is 37.1 Å². The third kappa shape index (κ3) is 6.57. The number of nitrogens with one attached hydrogen (secondary N) is 3. The Labute approximate surface area is 246 Å². The van der Waals surface area contributed by atoms with Gasteiger partial charge in [-0.1, -0.05) is 28.1 Å². The number of alkyl halides is 1. The standard InChI is InChI=1S/C29H32BrN7O4/c1-18(30)19-2-6-21(7-3-19)33-29(38)34-22-8-4-20(5-9-22)27-35-25(23-16-31-11-13-39-23)26-28(36-27)37(17-32-26)12-10-24-40-14-15-41-24/h2-9,17-18,23-24,31H,10-16H2,1H3,(H2,33,34,38). The fourth-order valence-electron chi connectivity index (χ4n) is 4.87. The molecule has 4 heterocycles. The highest BCUT2D eigenvalue weighted by atomic mass is 79.9. The van der Waals surface area contributed by atoms with Crippen molar-refractivity contribution in [1.29, 1.82) is 0 Å². The predicted octanol–water partition coefficient (Wildman–Crippen LogP) is 5.02. The van der Waals surface area contributed by atoms with Crippen molar-refractivity contribution in [3.8, 4) is 11.4 Å². The van der Waals surface area contributed by atoms with E-state index in [-0.39, 0.29) is 23.3 Å². The van der Waals surface area contributed by atoms with Gasteiger partial charge in [0.1, 0.15) is 17.3 Å². The summed E-state index contributed by atoms with van der Waals surface area (Å²) in [5.74, 6) is 0.564. The van der Waals surface area contributed by atoms with Crippen LogP contribution in [0.15, 0.2) is 54.9 Å². The first-order valence-corrected chi connectivity index (χ1v) is 14.7. The first kappa shape index (κ1) is 27.7. The quantitative estimate of drug-likeness (QED) is 0.234. The summed E-state index contributed by atoms with van der Waals surface area (Å²) in [4.78, 5) is 27.3. The maximum atomic E-state index is 12.6. The number of carbonyl (C=O) groups is 1. The number of rotatable bonds is 8. The average Bonchev–Trinajstić information content (AvgIpc) is 3.67. The fraction of sp³-hybridized carbons (Fsp3) is 0.379. The molecule has 12 heteroatoms. The van der Waals surface area contributed by atoms with Crippen molar-refractivity contribution in [3.05, 3.63) is 66.1 Å². The molecular weight excluding hydrogens is 590 g/mol. The third-order valence-electron chi connectivity index (χ3n) is 7.05. The van der Waals surface area contributed by atoms with Crippen LogP contribution in [-0.2, 0) is 20.8 Å². The molecule has 2 fully saturated rings. The molecule has 2 aromatic carbocycles. The van der Waals surface area contributed by atoms with Gasteiger partial charge < -0.3 is 34.7 Å². The number of carbonyl (C=O) groups excluding carboxylic acids is 1. The highest BCUT2D eigenvalue weighted by Gasteiger charge is 2.25. The summed E-state index contributed by atoms with van der Waals surface area (Å²) in [6.45, 7) is 6.00. The predicted molar refractivity (Wildman–Crippen MR) is 159 cm³/mol. The molecule has 11 nitrogen and oxygen atoms in total. The molecule has 2 aliphatic heterocycles. The number of hydrogen-bond acceptors (Lipinski definition) is 8. The van der Waals surface area contributed by atoms with Crippen molar-refractivity contribution < 1.29 is 19.0 Å². The van der Waals surface area contributed by atoms with Crippen LogP contribution < -0.4 is 16.0 Å². The molecule has 0 radical (unpaired) electrons. The number of ether oxygens (including phenoxy) is 3. The third-order valence-corrected chi connectivity index (χ3v) is 7.58. The number of halogens is 1. The number of urea groups is 1. The fourth-order valence-corrected chi connectivity index (χ4v) is 5.18. The van der Waals surface area contributed by atoms with Gasteiger partial charge in [0.2, 0.25) is 0 Å². The number of amides is 2. The number of aryl methyl sites for hydroxylation is 1. The lowest BCUT2D eigenvalue weighted by molar-refractivity contribution is -0.0489. The van der Waals surface area contributed by atoms with Crippen molar-refractivity contribution in [2.75, 3.05) is 43.5 Å². The van der Waals surface area contributed by atoms with Gasteiger partial charge >= 0.3 is 6.03 Å². The number of hydrogen-bond donors (Lipinski definition) is 3. The number of aromatic nitrogens is 4. The van der Waals surface area contributed by atoms with Crippen molar-refractivity contribution in [1.82, 2.24) is 24.8 Å². The van der Waals surface area contributed by atoms with Crippen LogP contribution in [0, 0.1) is 0 Å². The molecule has 0 saturated carbocycles. The summed E-state index contributed by atoms with van der Waals surface area (Å²) in [5, 5.41) is 9.12. The number of imidazole rings is 1. The molecule has 214 valence electrons. The van der Waals surface area contributed by atoms with Crippen LogP contribution in [0.25, 0.3) is 22.6 Å². The lowest BCUT2D eigenvalue weighted by Crippen LogP contribution is -2.34. The summed E-state index contributed by atoms with van der Waals surface area (Å²) in [6, 6.07) is 14.9. The Morgan fingerprint density at radius 2 is 1.73 bits per heavy atom. The summed E-state index contributed by atoms with van der Waals surface area (Å²) < 4.78 is 19.3. The zero-order valence-corrected chi connectivity index (χ0v) is 24.3. The van der Waals surface area contributed by atoms with Crippen LogP contribution in [0.5, 0.6) is 0 Å². The van der Waals surface area contributed by atoms with E-state index in [2.05, 4.69) is 43.8 Å². The van der Waals surface area contributed by atoms with Crippen LogP contribution in [0.2, 0.25) is 0 Å². The molecule has 2 aromatic heterocycles. The highest BCUT2D eigenvalue weighted by molar-refractivity contribution is 9.09. The molecule has 0 aliphatic carbocycles. The molecule has 2 atom stereocenters. The van der Waals surface area contributed by atoms with E-state index in [0.717, 1.165) is 34.5 Å². The second-order valence-corrected chi connectivity index (χ2v) is 11.3. The summed E-state index contributed by atoms with van der Waals surface area (Å²) >= 11 is 3.55.